The Morgan fingerprint density at radius 3 is 2.76 bits per heavy atom. The molecule has 0 fully saturated rings. The van der Waals surface area contributed by atoms with Crippen molar-refractivity contribution in [3.05, 3.63) is 45.5 Å². The summed E-state index contributed by atoms with van der Waals surface area (Å²) < 4.78 is 5.53. The summed E-state index contributed by atoms with van der Waals surface area (Å²) in [5, 5.41) is 0. The summed E-state index contributed by atoms with van der Waals surface area (Å²) in [6.07, 6.45) is 0.914. The van der Waals surface area contributed by atoms with Crippen molar-refractivity contribution < 1.29 is 4.74 Å². The molecule has 2 heterocycles. The molecule has 3 rings (SSSR count). The lowest BCUT2D eigenvalue weighted by molar-refractivity contribution is 0.357. The first-order valence-electron chi connectivity index (χ1n) is 7.24. The smallest absolute Gasteiger partial charge is 0.254 e. The molecule has 0 radical (unpaired) electrons. The van der Waals surface area contributed by atoms with Gasteiger partial charge in [0.15, 0.2) is 0 Å². The van der Waals surface area contributed by atoms with E-state index in [0.29, 0.717) is 11.4 Å². The molecule has 0 amide bonds. The van der Waals surface area contributed by atoms with E-state index < -0.39 is 0 Å². The highest BCUT2D eigenvalue weighted by Crippen LogP contribution is 2.31. The summed E-state index contributed by atoms with van der Waals surface area (Å²) in [6.45, 7) is 8.67. The maximum absolute atomic E-state index is 12.2. The van der Waals surface area contributed by atoms with Crippen LogP contribution in [0.1, 0.15) is 37.7 Å². The van der Waals surface area contributed by atoms with Crippen LogP contribution in [0.4, 0.5) is 0 Å². The van der Waals surface area contributed by atoms with Gasteiger partial charge in [0.1, 0.15) is 11.6 Å². The SMILES string of the molecule is Cc1c(-c2ccc3c(c2)CCO3)nc(C(C)(C)C)[nH]c1=O. The number of ether oxygens (including phenoxy) is 1. The molecule has 1 aromatic carbocycles. The van der Waals surface area contributed by atoms with Crippen LogP contribution >= 0.6 is 0 Å². The fourth-order valence-electron chi connectivity index (χ4n) is 2.50. The van der Waals surface area contributed by atoms with Gasteiger partial charge in [0, 0.05) is 23.0 Å². The van der Waals surface area contributed by atoms with Gasteiger partial charge in [-0.25, -0.2) is 4.98 Å². The minimum Gasteiger partial charge on any atom is -0.493 e. The molecule has 0 saturated heterocycles. The zero-order chi connectivity index (χ0) is 15.2. The largest absolute Gasteiger partial charge is 0.493 e. The van der Waals surface area contributed by atoms with Crippen LogP contribution in [-0.4, -0.2) is 16.6 Å². The van der Waals surface area contributed by atoms with Crippen molar-refractivity contribution in [1.82, 2.24) is 9.97 Å². The summed E-state index contributed by atoms with van der Waals surface area (Å²) in [5.74, 6) is 1.65. The van der Waals surface area contributed by atoms with Crippen molar-refractivity contribution >= 4 is 0 Å². The molecule has 21 heavy (non-hydrogen) atoms. The number of aromatic nitrogens is 2. The van der Waals surface area contributed by atoms with Crippen molar-refractivity contribution in [2.45, 2.75) is 39.5 Å². The molecule has 0 unspecified atom stereocenters. The molecule has 1 aliphatic rings. The lowest BCUT2D eigenvalue weighted by Gasteiger charge is -2.19. The first-order valence-corrected chi connectivity index (χ1v) is 7.24. The van der Waals surface area contributed by atoms with Crippen LogP contribution in [0.15, 0.2) is 23.0 Å². The highest BCUT2D eigenvalue weighted by atomic mass is 16.5. The van der Waals surface area contributed by atoms with E-state index in [1.54, 1.807) is 0 Å². The van der Waals surface area contributed by atoms with Gasteiger partial charge in [-0.15, -0.1) is 0 Å². The second-order valence-electron chi connectivity index (χ2n) is 6.56. The van der Waals surface area contributed by atoms with Crippen molar-refractivity contribution in [2.24, 2.45) is 0 Å². The van der Waals surface area contributed by atoms with Gasteiger partial charge in [-0.3, -0.25) is 4.79 Å². The van der Waals surface area contributed by atoms with Crippen LogP contribution in [0, 0.1) is 6.92 Å². The summed E-state index contributed by atoms with van der Waals surface area (Å²) >= 11 is 0. The van der Waals surface area contributed by atoms with Crippen molar-refractivity contribution in [2.75, 3.05) is 6.61 Å². The predicted molar refractivity (Wildman–Crippen MR) is 82.9 cm³/mol. The van der Waals surface area contributed by atoms with Crippen LogP contribution in [0.3, 0.4) is 0 Å². The van der Waals surface area contributed by atoms with Gasteiger partial charge in [0.2, 0.25) is 0 Å². The van der Waals surface area contributed by atoms with Crippen LogP contribution in [0.5, 0.6) is 5.75 Å². The molecule has 0 atom stereocenters. The Bertz CT molecular complexity index is 754. The molecule has 110 valence electrons. The van der Waals surface area contributed by atoms with E-state index in [9.17, 15) is 4.79 Å². The predicted octanol–water partition coefficient (Wildman–Crippen LogP) is 2.98. The highest BCUT2D eigenvalue weighted by Gasteiger charge is 2.21. The van der Waals surface area contributed by atoms with E-state index >= 15 is 0 Å². The summed E-state index contributed by atoms with van der Waals surface area (Å²) in [6, 6.07) is 6.03. The second-order valence-corrected chi connectivity index (χ2v) is 6.56. The topological polar surface area (TPSA) is 55.0 Å². The van der Waals surface area contributed by atoms with E-state index in [2.05, 4.69) is 11.1 Å². The highest BCUT2D eigenvalue weighted by molar-refractivity contribution is 5.65. The maximum Gasteiger partial charge on any atom is 0.254 e. The molecular weight excluding hydrogens is 264 g/mol. The fraction of sp³-hybridized carbons (Fsp3) is 0.412. The number of H-pyrrole nitrogens is 1. The number of benzene rings is 1. The molecule has 1 aromatic heterocycles. The van der Waals surface area contributed by atoms with Gasteiger partial charge in [-0.05, 0) is 30.7 Å². The average Bonchev–Trinajstić information content (AvgIpc) is 2.87. The molecule has 0 bridgehead atoms. The Morgan fingerprint density at radius 2 is 2.05 bits per heavy atom. The van der Waals surface area contributed by atoms with Gasteiger partial charge >= 0.3 is 0 Å². The minimum atomic E-state index is -0.193. The zero-order valence-electron chi connectivity index (χ0n) is 12.9. The fourth-order valence-corrected chi connectivity index (χ4v) is 2.50. The number of hydrogen-bond acceptors (Lipinski definition) is 3. The third kappa shape index (κ3) is 2.46. The Balaban J connectivity index is 2.18. The van der Waals surface area contributed by atoms with Crippen LogP contribution in [-0.2, 0) is 11.8 Å². The van der Waals surface area contributed by atoms with E-state index in [4.69, 9.17) is 9.72 Å². The van der Waals surface area contributed by atoms with Gasteiger partial charge in [-0.2, -0.15) is 0 Å². The Kier molecular flexibility index (Phi) is 3.12. The third-order valence-electron chi connectivity index (χ3n) is 3.82. The Hall–Kier alpha value is -2.10. The summed E-state index contributed by atoms with van der Waals surface area (Å²) in [5.41, 5.74) is 3.32. The molecule has 4 nitrogen and oxygen atoms in total. The lowest BCUT2D eigenvalue weighted by atomic mass is 9.95. The van der Waals surface area contributed by atoms with Gasteiger partial charge in [0.05, 0.1) is 12.3 Å². The third-order valence-corrected chi connectivity index (χ3v) is 3.82. The molecular formula is C17H20N2O2. The van der Waals surface area contributed by atoms with Gasteiger partial charge in [0.25, 0.3) is 5.56 Å². The Labute approximate surface area is 124 Å². The van der Waals surface area contributed by atoms with Crippen molar-refractivity contribution in [1.29, 1.82) is 0 Å². The zero-order valence-corrected chi connectivity index (χ0v) is 12.9. The number of aromatic amines is 1. The maximum atomic E-state index is 12.2. The van der Waals surface area contributed by atoms with Crippen molar-refractivity contribution in [3.63, 3.8) is 0 Å². The van der Waals surface area contributed by atoms with E-state index in [1.165, 1.54) is 5.56 Å². The van der Waals surface area contributed by atoms with E-state index in [1.807, 2.05) is 39.8 Å². The number of hydrogen-bond donors (Lipinski definition) is 1. The summed E-state index contributed by atoms with van der Waals surface area (Å²) in [7, 11) is 0. The van der Waals surface area contributed by atoms with Gasteiger partial charge in [-0.1, -0.05) is 20.8 Å². The van der Waals surface area contributed by atoms with Crippen LogP contribution < -0.4 is 10.3 Å². The lowest BCUT2D eigenvalue weighted by Crippen LogP contribution is -2.24. The molecule has 1 N–H and O–H groups in total. The molecule has 0 saturated carbocycles. The first-order chi connectivity index (χ1) is 9.86. The van der Waals surface area contributed by atoms with Gasteiger partial charge < -0.3 is 9.72 Å². The number of fused-ring (bicyclic) bond motifs is 1. The number of nitrogens with one attached hydrogen (secondary N) is 1. The number of nitrogens with zero attached hydrogens (tertiary/aromatic N) is 1. The van der Waals surface area contributed by atoms with Crippen molar-refractivity contribution in [3.8, 4) is 17.0 Å². The monoisotopic (exact) mass is 284 g/mol. The molecule has 0 spiro atoms. The van der Waals surface area contributed by atoms with Crippen LogP contribution in [0.2, 0.25) is 0 Å². The van der Waals surface area contributed by atoms with E-state index in [0.717, 1.165) is 30.0 Å². The standard InChI is InChI=1S/C17H20N2O2/c1-10-14(18-16(17(2,3)4)19-15(10)20)12-5-6-13-11(9-12)7-8-21-13/h5-6,9H,7-8H2,1-4H3,(H,18,19,20). The second kappa shape index (κ2) is 4.72. The first kappa shape index (κ1) is 13.9. The average molecular weight is 284 g/mol. The molecule has 1 aliphatic heterocycles. The molecule has 4 heteroatoms. The quantitative estimate of drug-likeness (QED) is 0.876. The number of rotatable bonds is 1. The summed E-state index contributed by atoms with van der Waals surface area (Å²) in [4.78, 5) is 19.8. The molecule has 0 aliphatic carbocycles. The van der Waals surface area contributed by atoms with Crippen LogP contribution in [0.25, 0.3) is 11.3 Å². The minimum absolute atomic E-state index is 0.0679. The molecule has 2 aromatic rings. The Morgan fingerprint density at radius 1 is 1.29 bits per heavy atom. The van der Waals surface area contributed by atoms with E-state index in [-0.39, 0.29) is 11.0 Å². The normalized spacial score (nSPS) is 13.9.